The van der Waals surface area contributed by atoms with Gasteiger partial charge in [0.25, 0.3) is 0 Å². The van der Waals surface area contributed by atoms with Gasteiger partial charge >= 0.3 is 6.03 Å². The number of urea groups is 1. The predicted molar refractivity (Wildman–Crippen MR) is 132 cm³/mol. The van der Waals surface area contributed by atoms with Crippen molar-refractivity contribution in [2.45, 2.75) is 57.1 Å². The minimum absolute atomic E-state index is 0.223. The van der Waals surface area contributed by atoms with Crippen molar-refractivity contribution in [1.29, 1.82) is 0 Å². The van der Waals surface area contributed by atoms with E-state index < -0.39 is 17.7 Å². The molecule has 0 bridgehead atoms. The number of aryl methyl sites for hydroxylation is 1. The highest BCUT2D eigenvalue weighted by Crippen LogP contribution is 2.28. The fourth-order valence-electron chi connectivity index (χ4n) is 3.34. The molecule has 2 aromatic rings. The van der Waals surface area contributed by atoms with Crippen molar-refractivity contribution in [2.75, 3.05) is 12.4 Å². The number of nitrogens with zero attached hydrogens (tertiary/aromatic N) is 2. The largest absolute Gasteiger partial charge is 0.368 e. The van der Waals surface area contributed by atoms with Gasteiger partial charge in [0, 0.05) is 25.0 Å². The maximum Gasteiger partial charge on any atom is 0.324 e. The zero-order valence-corrected chi connectivity index (χ0v) is 20.7. The molecule has 1 heterocycles. The van der Waals surface area contributed by atoms with Gasteiger partial charge < -0.3 is 15.2 Å². The first-order chi connectivity index (χ1) is 15.6. The molecule has 9 heteroatoms. The molecule has 7 nitrogen and oxygen atoms in total. The van der Waals surface area contributed by atoms with Gasteiger partial charge in [-0.05, 0) is 36.6 Å². The Morgan fingerprint density at radius 1 is 1.33 bits per heavy atom. The van der Waals surface area contributed by atoms with E-state index in [-0.39, 0.29) is 5.41 Å². The Morgan fingerprint density at radius 2 is 2.09 bits per heavy atom. The quantitative estimate of drug-likeness (QED) is 0.365. The molecular formula is C24H30Cl2N4O3. The number of alkyl halides is 1. The summed E-state index contributed by atoms with van der Waals surface area (Å²) < 4.78 is 6.62. The Balaban J connectivity index is 1.88. The second kappa shape index (κ2) is 10.7. The van der Waals surface area contributed by atoms with Crippen LogP contribution in [0.1, 0.15) is 44.9 Å². The number of hydrogen-bond donors (Lipinski definition) is 3. The molecule has 3 rings (SSSR count). The lowest BCUT2D eigenvalue weighted by Crippen LogP contribution is -2.33. The predicted octanol–water partition coefficient (Wildman–Crippen LogP) is 5.21. The van der Waals surface area contributed by atoms with Crippen LogP contribution in [0.25, 0.3) is 5.69 Å². The van der Waals surface area contributed by atoms with E-state index in [1.807, 2.05) is 36.4 Å². The lowest BCUT2D eigenvalue weighted by molar-refractivity contribution is -0.0777. The normalized spacial score (nSPS) is 17.2. The number of rotatable bonds is 7. The molecule has 0 radical (unpaired) electrons. The summed E-state index contributed by atoms with van der Waals surface area (Å²) in [5.74, 6) is 0.515. The van der Waals surface area contributed by atoms with Crippen LogP contribution in [0.2, 0.25) is 0 Å². The summed E-state index contributed by atoms with van der Waals surface area (Å²) in [5.41, 5.74) is 2.88. The van der Waals surface area contributed by atoms with Crippen molar-refractivity contribution >= 4 is 35.1 Å². The first-order valence-corrected chi connectivity index (χ1v) is 11.6. The van der Waals surface area contributed by atoms with Crippen LogP contribution in [0, 0.1) is 0 Å². The van der Waals surface area contributed by atoms with E-state index in [0.717, 1.165) is 16.9 Å². The van der Waals surface area contributed by atoms with Crippen LogP contribution in [0.15, 0.2) is 53.2 Å². The van der Waals surface area contributed by atoms with Crippen molar-refractivity contribution in [3.05, 3.63) is 64.5 Å². The van der Waals surface area contributed by atoms with Gasteiger partial charge in [0.05, 0.1) is 27.5 Å². The van der Waals surface area contributed by atoms with Gasteiger partial charge in [-0.15, -0.1) is 11.6 Å². The number of halogens is 2. The fourth-order valence-corrected chi connectivity index (χ4v) is 3.94. The highest BCUT2D eigenvalue weighted by atomic mass is 35.5. The summed E-state index contributed by atoms with van der Waals surface area (Å²) in [4.78, 5) is 12.8. The van der Waals surface area contributed by atoms with E-state index in [0.29, 0.717) is 35.8 Å². The molecule has 1 aromatic heterocycles. The van der Waals surface area contributed by atoms with Crippen molar-refractivity contribution in [1.82, 2.24) is 15.1 Å². The maximum absolute atomic E-state index is 12.8. The number of hydrogen-bond acceptors (Lipinski definition) is 4. The molecule has 178 valence electrons. The first kappa shape index (κ1) is 25.3. The molecule has 1 aliphatic carbocycles. The number of aromatic nitrogens is 2. The Bertz CT molecular complexity index is 1060. The van der Waals surface area contributed by atoms with Gasteiger partial charge in [-0.3, -0.25) is 5.32 Å². The van der Waals surface area contributed by atoms with Crippen molar-refractivity contribution in [3.63, 3.8) is 0 Å². The number of amides is 2. The second-order valence-corrected chi connectivity index (χ2v) is 9.86. The minimum Gasteiger partial charge on any atom is -0.368 e. The molecule has 1 aliphatic rings. The molecule has 3 N–H and O–H groups in total. The van der Waals surface area contributed by atoms with Crippen molar-refractivity contribution < 1.29 is 14.6 Å². The Hall–Kier alpha value is -2.32. The van der Waals surface area contributed by atoms with E-state index in [1.165, 1.54) is 7.11 Å². The summed E-state index contributed by atoms with van der Waals surface area (Å²) in [7, 11) is 1.47. The molecule has 2 atom stereocenters. The van der Waals surface area contributed by atoms with E-state index >= 15 is 0 Å². The number of carbonyl (C=O) groups is 1. The van der Waals surface area contributed by atoms with Crippen LogP contribution in [0.3, 0.4) is 0 Å². The van der Waals surface area contributed by atoms with Crippen LogP contribution in [0.4, 0.5) is 10.6 Å². The highest BCUT2D eigenvalue weighted by molar-refractivity contribution is 6.33. The average Bonchev–Trinajstić information content (AvgIpc) is 3.19. The first-order valence-electron chi connectivity index (χ1n) is 10.8. The van der Waals surface area contributed by atoms with Gasteiger partial charge in [-0.2, -0.15) is 5.10 Å². The SMILES string of the molecule is COC(O)CCc1cccc(-n2nc(C(C)(C)C)cc2NC(=O)NC2=C(Cl)C=CCC2Cl)c1. The molecule has 0 saturated heterocycles. The van der Waals surface area contributed by atoms with Gasteiger partial charge in [-0.25, -0.2) is 9.48 Å². The van der Waals surface area contributed by atoms with Crippen LogP contribution in [-0.4, -0.2) is 39.7 Å². The van der Waals surface area contributed by atoms with E-state index in [1.54, 1.807) is 10.8 Å². The number of ether oxygens (including phenoxy) is 1. The molecule has 1 aromatic carbocycles. The summed E-state index contributed by atoms with van der Waals surface area (Å²) in [6, 6.07) is 9.19. The van der Waals surface area contributed by atoms with Gasteiger partial charge in [0.15, 0.2) is 6.29 Å². The topological polar surface area (TPSA) is 88.4 Å². The standard InChI is InChI=1S/C24H30Cl2N4O3/c1-24(2,3)19-14-20(27-23(32)28-22-17(25)9-6-10-18(22)26)30(29-19)16-8-5-7-15(13-16)11-12-21(31)33-4/h5-9,13-14,18,21,31H,10-12H2,1-4H3,(H2,27,28,32). The van der Waals surface area contributed by atoms with Crippen molar-refractivity contribution in [3.8, 4) is 5.69 Å². The average molecular weight is 493 g/mol. The molecule has 0 saturated carbocycles. The van der Waals surface area contributed by atoms with Crippen molar-refractivity contribution in [2.24, 2.45) is 0 Å². The number of anilines is 1. The number of benzene rings is 1. The third-order valence-corrected chi connectivity index (χ3v) is 5.98. The molecule has 2 amide bonds. The summed E-state index contributed by atoms with van der Waals surface area (Å²) in [6.07, 6.45) is 4.48. The smallest absolute Gasteiger partial charge is 0.324 e. The van der Waals surface area contributed by atoms with Gasteiger partial charge in [0.2, 0.25) is 0 Å². The third kappa shape index (κ3) is 6.60. The molecular weight excluding hydrogens is 463 g/mol. The molecule has 2 unspecified atom stereocenters. The van der Waals surface area contributed by atoms with E-state index in [9.17, 15) is 9.90 Å². The Kier molecular flexibility index (Phi) is 8.23. The second-order valence-electron chi connectivity index (χ2n) is 8.92. The van der Waals surface area contributed by atoms with Crippen LogP contribution >= 0.6 is 23.2 Å². The van der Waals surface area contributed by atoms with Gasteiger partial charge in [0.1, 0.15) is 5.82 Å². The lowest BCUT2D eigenvalue weighted by Gasteiger charge is -2.19. The van der Waals surface area contributed by atoms with E-state index in [4.69, 9.17) is 33.0 Å². The number of aliphatic hydroxyl groups is 1. The van der Waals surface area contributed by atoms with E-state index in [2.05, 4.69) is 31.4 Å². The summed E-state index contributed by atoms with van der Waals surface area (Å²) in [5, 5.41) is 20.1. The highest BCUT2D eigenvalue weighted by Gasteiger charge is 2.23. The van der Waals surface area contributed by atoms with Crippen LogP contribution < -0.4 is 10.6 Å². The number of methoxy groups -OCH3 is 1. The molecule has 0 fully saturated rings. The van der Waals surface area contributed by atoms with Crippen LogP contribution in [-0.2, 0) is 16.6 Å². The fraction of sp³-hybridized carbons (Fsp3) is 0.417. The number of aliphatic hydroxyl groups excluding tert-OH is 1. The number of carbonyl (C=O) groups excluding carboxylic acids is 1. The summed E-state index contributed by atoms with van der Waals surface area (Å²) >= 11 is 12.5. The number of allylic oxidation sites excluding steroid dienone is 4. The minimum atomic E-state index is -0.812. The zero-order chi connectivity index (χ0) is 24.2. The monoisotopic (exact) mass is 492 g/mol. The maximum atomic E-state index is 12.8. The Labute approximate surface area is 204 Å². The molecule has 0 spiro atoms. The van der Waals surface area contributed by atoms with Gasteiger partial charge in [-0.1, -0.05) is 50.6 Å². The molecule has 0 aliphatic heterocycles. The number of nitrogens with one attached hydrogen (secondary N) is 2. The molecule has 33 heavy (non-hydrogen) atoms. The third-order valence-electron chi connectivity index (χ3n) is 5.25. The zero-order valence-electron chi connectivity index (χ0n) is 19.2. The van der Waals surface area contributed by atoms with Crippen LogP contribution in [0.5, 0.6) is 0 Å². The summed E-state index contributed by atoms with van der Waals surface area (Å²) in [6.45, 7) is 6.18. The Morgan fingerprint density at radius 3 is 2.76 bits per heavy atom. The lowest BCUT2D eigenvalue weighted by atomic mass is 9.92.